The van der Waals surface area contributed by atoms with Gasteiger partial charge >= 0.3 is 0 Å². The number of hydrogen-bond donors (Lipinski definition) is 4. The number of aryl methyl sites for hydroxylation is 2. The number of aliphatic imine (C=N–C) groups is 2. The van der Waals surface area contributed by atoms with Gasteiger partial charge in [0.1, 0.15) is 6.04 Å². The predicted octanol–water partition coefficient (Wildman–Crippen LogP) is 1.91. The fourth-order valence-corrected chi connectivity index (χ4v) is 2.64. The minimum absolute atomic E-state index is 0.0795. The van der Waals surface area contributed by atoms with Crippen molar-refractivity contribution in [2.75, 3.05) is 10.6 Å². The van der Waals surface area contributed by atoms with E-state index in [0.717, 1.165) is 16.8 Å². The highest BCUT2D eigenvalue weighted by Gasteiger charge is 2.28. The number of benzene rings is 2. The van der Waals surface area contributed by atoms with Crippen molar-refractivity contribution in [3.05, 3.63) is 59.7 Å². The highest BCUT2D eigenvalue weighted by atomic mass is 16.2. The largest absolute Gasteiger partial charge is 0.369 e. The summed E-state index contributed by atoms with van der Waals surface area (Å²) in [5, 5.41) is 8.25. The van der Waals surface area contributed by atoms with Crippen molar-refractivity contribution in [1.82, 2.24) is 5.32 Å². The zero-order chi connectivity index (χ0) is 20.1. The highest BCUT2D eigenvalue weighted by Crippen LogP contribution is 2.14. The Kier molecular flexibility index (Phi) is 5.69. The Morgan fingerprint density at radius 2 is 1.86 bits per heavy atom. The Hall–Kier alpha value is -3.68. The molecule has 1 heterocycles. The van der Waals surface area contributed by atoms with E-state index in [-0.39, 0.29) is 30.2 Å². The maximum atomic E-state index is 12.2. The van der Waals surface area contributed by atoms with Crippen LogP contribution in [-0.4, -0.2) is 29.8 Å². The fraction of sp³-hybridized carbons (Fsp3) is 0.200. The monoisotopic (exact) mass is 378 g/mol. The molecular weight excluding hydrogens is 356 g/mol. The molecule has 0 fully saturated rings. The third kappa shape index (κ3) is 4.94. The van der Waals surface area contributed by atoms with Gasteiger partial charge in [0.2, 0.25) is 17.8 Å². The second-order valence-electron chi connectivity index (χ2n) is 6.51. The molecule has 0 radical (unpaired) electrons. The molecule has 8 heteroatoms. The molecule has 144 valence electrons. The molecular formula is C20H22N6O2. The number of anilines is 2. The molecule has 2 aromatic rings. The van der Waals surface area contributed by atoms with E-state index in [9.17, 15) is 9.59 Å². The third-order valence-electron chi connectivity index (χ3n) is 4.16. The normalized spacial score (nSPS) is 16.4. The van der Waals surface area contributed by atoms with Crippen LogP contribution >= 0.6 is 0 Å². The molecule has 0 spiro atoms. The van der Waals surface area contributed by atoms with E-state index in [1.165, 1.54) is 0 Å². The van der Waals surface area contributed by atoms with E-state index < -0.39 is 6.04 Å². The number of carbonyl (C=O) groups is 2. The molecule has 0 aliphatic carbocycles. The van der Waals surface area contributed by atoms with Gasteiger partial charge in [0.25, 0.3) is 5.91 Å². The Morgan fingerprint density at radius 1 is 1.14 bits per heavy atom. The van der Waals surface area contributed by atoms with Crippen molar-refractivity contribution in [2.24, 2.45) is 15.7 Å². The smallest absolute Gasteiger partial charge is 0.252 e. The molecule has 5 N–H and O–H groups in total. The molecule has 0 saturated heterocycles. The van der Waals surface area contributed by atoms with Crippen LogP contribution in [-0.2, 0) is 9.59 Å². The van der Waals surface area contributed by atoms with Crippen LogP contribution < -0.4 is 21.7 Å². The number of carbonyl (C=O) groups excluding carboxylic acids is 2. The summed E-state index contributed by atoms with van der Waals surface area (Å²) >= 11 is 0. The summed E-state index contributed by atoms with van der Waals surface area (Å²) in [4.78, 5) is 32.5. The van der Waals surface area contributed by atoms with E-state index in [1.54, 1.807) is 12.1 Å². The van der Waals surface area contributed by atoms with E-state index in [1.807, 2.05) is 50.2 Å². The SMILES string of the molecule is Cc1ccc(NC(=O)CC2N=C(/N=C(\N)Nc3ccccc3C)NC2=O)cc1. The van der Waals surface area contributed by atoms with Gasteiger partial charge in [-0.2, -0.15) is 4.99 Å². The molecule has 1 aliphatic heterocycles. The van der Waals surface area contributed by atoms with Crippen LogP contribution in [0, 0.1) is 13.8 Å². The summed E-state index contributed by atoms with van der Waals surface area (Å²) < 4.78 is 0. The number of para-hydroxylation sites is 1. The lowest BCUT2D eigenvalue weighted by Gasteiger charge is -2.07. The number of hydrogen-bond acceptors (Lipinski definition) is 4. The van der Waals surface area contributed by atoms with E-state index >= 15 is 0 Å². The quantitative estimate of drug-likeness (QED) is 0.480. The summed E-state index contributed by atoms with van der Waals surface area (Å²) in [6, 6.07) is 14.2. The highest BCUT2D eigenvalue weighted by molar-refractivity contribution is 6.11. The molecule has 3 rings (SSSR count). The summed E-state index contributed by atoms with van der Waals surface area (Å²) in [6.07, 6.45) is -0.0795. The molecule has 0 saturated carbocycles. The lowest BCUT2D eigenvalue weighted by Crippen LogP contribution is -2.32. The van der Waals surface area contributed by atoms with Gasteiger partial charge < -0.3 is 16.4 Å². The molecule has 2 amide bonds. The average Bonchev–Trinajstić information content (AvgIpc) is 2.97. The molecule has 28 heavy (non-hydrogen) atoms. The molecule has 2 aromatic carbocycles. The van der Waals surface area contributed by atoms with Crippen LogP contribution in [0.25, 0.3) is 0 Å². The van der Waals surface area contributed by atoms with Gasteiger partial charge in [-0.25, -0.2) is 4.99 Å². The van der Waals surface area contributed by atoms with Crippen LogP contribution in [0.2, 0.25) is 0 Å². The van der Waals surface area contributed by atoms with Crippen LogP contribution in [0.3, 0.4) is 0 Å². The lowest BCUT2D eigenvalue weighted by molar-refractivity contribution is -0.123. The zero-order valence-corrected chi connectivity index (χ0v) is 15.7. The van der Waals surface area contributed by atoms with Crippen molar-refractivity contribution in [3.8, 4) is 0 Å². The van der Waals surface area contributed by atoms with Gasteiger partial charge in [0.05, 0.1) is 6.42 Å². The van der Waals surface area contributed by atoms with Gasteiger partial charge in [-0.3, -0.25) is 14.9 Å². The topological polar surface area (TPSA) is 121 Å². The molecule has 1 unspecified atom stereocenters. The molecule has 0 bridgehead atoms. The maximum Gasteiger partial charge on any atom is 0.252 e. The first-order valence-electron chi connectivity index (χ1n) is 8.83. The number of amides is 2. The van der Waals surface area contributed by atoms with Crippen LogP contribution in [0.4, 0.5) is 11.4 Å². The van der Waals surface area contributed by atoms with E-state index in [4.69, 9.17) is 5.73 Å². The van der Waals surface area contributed by atoms with Crippen molar-refractivity contribution in [1.29, 1.82) is 0 Å². The van der Waals surface area contributed by atoms with Gasteiger partial charge in [0.15, 0.2) is 0 Å². The maximum absolute atomic E-state index is 12.2. The van der Waals surface area contributed by atoms with Crippen LogP contribution in [0.5, 0.6) is 0 Å². The van der Waals surface area contributed by atoms with E-state index in [2.05, 4.69) is 25.9 Å². The first-order valence-corrected chi connectivity index (χ1v) is 8.83. The second kappa shape index (κ2) is 8.34. The molecule has 1 atom stereocenters. The van der Waals surface area contributed by atoms with Gasteiger partial charge in [-0.1, -0.05) is 35.9 Å². The minimum Gasteiger partial charge on any atom is -0.369 e. The number of nitrogens with one attached hydrogen (secondary N) is 3. The van der Waals surface area contributed by atoms with Gasteiger partial charge in [-0.15, -0.1) is 0 Å². The Balaban J connectivity index is 1.61. The van der Waals surface area contributed by atoms with Gasteiger partial charge in [0, 0.05) is 11.4 Å². The first kappa shape index (κ1) is 19.1. The third-order valence-corrected chi connectivity index (χ3v) is 4.16. The van der Waals surface area contributed by atoms with Crippen LogP contribution in [0.15, 0.2) is 58.5 Å². The van der Waals surface area contributed by atoms with Crippen LogP contribution in [0.1, 0.15) is 17.5 Å². The van der Waals surface area contributed by atoms with Crippen molar-refractivity contribution >= 4 is 35.1 Å². The van der Waals surface area contributed by atoms with Crippen molar-refractivity contribution in [2.45, 2.75) is 26.3 Å². The standard InChI is InChI=1S/C20H22N6O2/c1-12-7-9-14(10-8-12)22-17(27)11-16-18(28)25-20(24-16)26-19(21)23-15-6-4-3-5-13(15)2/h3-10,16H,11H2,1-2H3,(H,22,27)(H4,21,23,24,25,26,28). The lowest BCUT2D eigenvalue weighted by atomic mass is 10.2. The summed E-state index contributed by atoms with van der Waals surface area (Å²) in [6.45, 7) is 3.90. The minimum atomic E-state index is -0.838. The Labute approximate surface area is 163 Å². The Bertz CT molecular complexity index is 949. The zero-order valence-electron chi connectivity index (χ0n) is 15.7. The summed E-state index contributed by atoms with van der Waals surface area (Å²) in [5.41, 5.74) is 9.46. The number of guanidine groups is 2. The second-order valence-corrected chi connectivity index (χ2v) is 6.51. The Morgan fingerprint density at radius 3 is 2.57 bits per heavy atom. The van der Waals surface area contributed by atoms with Gasteiger partial charge in [-0.05, 0) is 37.6 Å². The molecule has 8 nitrogen and oxygen atoms in total. The van der Waals surface area contributed by atoms with Crippen molar-refractivity contribution < 1.29 is 9.59 Å². The summed E-state index contributed by atoms with van der Waals surface area (Å²) in [7, 11) is 0. The molecule has 1 aliphatic rings. The number of nitrogens with zero attached hydrogens (tertiary/aromatic N) is 2. The average molecular weight is 378 g/mol. The number of rotatable bonds is 4. The predicted molar refractivity (Wildman–Crippen MR) is 110 cm³/mol. The fourth-order valence-electron chi connectivity index (χ4n) is 2.64. The van der Waals surface area contributed by atoms with E-state index in [0.29, 0.717) is 5.69 Å². The number of nitrogens with two attached hydrogens (primary N) is 1. The first-order chi connectivity index (χ1) is 13.4. The summed E-state index contributed by atoms with van der Waals surface area (Å²) in [5.74, 6) is -0.514. The van der Waals surface area contributed by atoms with Crippen molar-refractivity contribution in [3.63, 3.8) is 0 Å². The molecule has 0 aromatic heterocycles.